The Morgan fingerprint density at radius 2 is 1.92 bits per heavy atom. The van der Waals surface area contributed by atoms with Gasteiger partial charge in [0.05, 0.1) is 24.2 Å². The van der Waals surface area contributed by atoms with Crippen molar-refractivity contribution >= 4 is 27.3 Å². The van der Waals surface area contributed by atoms with Crippen molar-refractivity contribution in [2.45, 2.75) is 6.42 Å². The molecule has 26 heavy (non-hydrogen) atoms. The van der Waals surface area contributed by atoms with Crippen LogP contribution >= 0.6 is 0 Å². The second-order valence-corrected chi connectivity index (χ2v) is 7.72. The summed E-state index contributed by atoms with van der Waals surface area (Å²) in [5.41, 5.74) is 0.657. The Morgan fingerprint density at radius 1 is 1.15 bits per heavy atom. The molecule has 0 unspecified atom stereocenters. The molecule has 1 saturated heterocycles. The second-order valence-electron chi connectivity index (χ2n) is 5.71. The fraction of sp³-hybridized carbons (Fsp3) is 0.235. The van der Waals surface area contributed by atoms with Gasteiger partial charge < -0.3 is 10.1 Å². The van der Waals surface area contributed by atoms with Crippen LogP contribution in [-0.2, 0) is 10.0 Å². The van der Waals surface area contributed by atoms with Gasteiger partial charge in [-0.3, -0.25) is 9.10 Å². The van der Waals surface area contributed by atoms with E-state index in [0.717, 1.165) is 18.2 Å². The van der Waals surface area contributed by atoms with Gasteiger partial charge in [-0.05, 0) is 36.8 Å². The third-order valence-electron chi connectivity index (χ3n) is 4.00. The van der Waals surface area contributed by atoms with Crippen LogP contribution in [-0.4, -0.2) is 33.7 Å². The molecule has 0 radical (unpaired) electrons. The fourth-order valence-corrected chi connectivity index (χ4v) is 4.26. The van der Waals surface area contributed by atoms with Gasteiger partial charge in [0.25, 0.3) is 5.91 Å². The molecule has 1 heterocycles. The van der Waals surface area contributed by atoms with Gasteiger partial charge in [0.2, 0.25) is 10.0 Å². The molecule has 2 aromatic carbocycles. The van der Waals surface area contributed by atoms with Crippen molar-refractivity contribution in [3.63, 3.8) is 0 Å². The molecule has 1 amide bonds. The highest BCUT2D eigenvalue weighted by atomic mass is 32.2. The quantitative estimate of drug-likeness (QED) is 0.882. The summed E-state index contributed by atoms with van der Waals surface area (Å²) in [6.45, 7) is 0.381. The lowest BCUT2D eigenvalue weighted by atomic mass is 10.2. The summed E-state index contributed by atoms with van der Waals surface area (Å²) in [6, 6.07) is 7.37. The first-order chi connectivity index (χ1) is 12.3. The number of carbonyl (C=O) groups is 1. The number of hydrogen-bond donors (Lipinski definition) is 1. The number of benzene rings is 2. The van der Waals surface area contributed by atoms with Crippen molar-refractivity contribution in [3.05, 3.63) is 53.6 Å². The Morgan fingerprint density at radius 3 is 2.54 bits per heavy atom. The van der Waals surface area contributed by atoms with Gasteiger partial charge in [0, 0.05) is 18.2 Å². The van der Waals surface area contributed by atoms with Crippen molar-refractivity contribution in [2.24, 2.45) is 0 Å². The Labute approximate surface area is 149 Å². The largest absolute Gasteiger partial charge is 0.494 e. The number of rotatable bonds is 4. The van der Waals surface area contributed by atoms with Crippen LogP contribution in [0.15, 0.2) is 36.4 Å². The van der Waals surface area contributed by atoms with Crippen LogP contribution in [0.25, 0.3) is 0 Å². The number of amides is 1. The van der Waals surface area contributed by atoms with Crippen LogP contribution < -0.4 is 14.4 Å². The number of sulfonamides is 1. The second kappa shape index (κ2) is 6.91. The molecule has 138 valence electrons. The third-order valence-corrected chi connectivity index (χ3v) is 5.87. The number of methoxy groups -OCH3 is 1. The van der Waals surface area contributed by atoms with Crippen LogP contribution in [0.5, 0.6) is 5.75 Å². The molecule has 9 heteroatoms. The van der Waals surface area contributed by atoms with Gasteiger partial charge in [0.15, 0.2) is 11.6 Å². The molecule has 6 nitrogen and oxygen atoms in total. The van der Waals surface area contributed by atoms with Crippen LogP contribution in [0.4, 0.5) is 20.2 Å². The van der Waals surface area contributed by atoms with E-state index in [1.54, 1.807) is 6.07 Å². The molecule has 1 aliphatic rings. The maximum Gasteiger partial charge on any atom is 0.255 e. The number of ether oxygens (including phenoxy) is 1. The van der Waals surface area contributed by atoms with Gasteiger partial charge in [0.1, 0.15) is 5.75 Å². The first kappa shape index (κ1) is 18.1. The Hall–Kier alpha value is -2.68. The zero-order valence-electron chi connectivity index (χ0n) is 13.8. The summed E-state index contributed by atoms with van der Waals surface area (Å²) in [6.07, 6.45) is 0.541. The topological polar surface area (TPSA) is 75.7 Å². The number of carbonyl (C=O) groups excluding carboxylic acids is 1. The first-order valence-corrected chi connectivity index (χ1v) is 9.37. The number of nitrogens with one attached hydrogen (secondary N) is 1. The third kappa shape index (κ3) is 3.48. The smallest absolute Gasteiger partial charge is 0.255 e. The highest BCUT2D eigenvalue weighted by Crippen LogP contribution is 2.33. The Balaban J connectivity index is 1.86. The Kier molecular flexibility index (Phi) is 4.82. The fourth-order valence-electron chi connectivity index (χ4n) is 2.70. The van der Waals surface area contributed by atoms with Crippen molar-refractivity contribution in [2.75, 3.05) is 29.0 Å². The minimum Gasteiger partial charge on any atom is -0.494 e. The average Bonchev–Trinajstić information content (AvgIpc) is 2.96. The molecule has 1 aliphatic heterocycles. The summed E-state index contributed by atoms with van der Waals surface area (Å²) in [5.74, 6) is -2.48. The Bertz CT molecular complexity index is 963. The van der Waals surface area contributed by atoms with Crippen molar-refractivity contribution in [3.8, 4) is 5.75 Å². The van der Waals surface area contributed by atoms with Crippen LogP contribution in [0.1, 0.15) is 16.8 Å². The molecular weight excluding hydrogens is 366 g/mol. The lowest BCUT2D eigenvalue weighted by Gasteiger charge is -2.19. The van der Waals surface area contributed by atoms with E-state index in [-0.39, 0.29) is 22.8 Å². The molecule has 1 fully saturated rings. The number of anilines is 2. The first-order valence-electron chi connectivity index (χ1n) is 7.76. The predicted octanol–water partition coefficient (Wildman–Crippen LogP) is 2.77. The lowest BCUT2D eigenvalue weighted by molar-refractivity contribution is 0.102. The molecular formula is C17H16F2N2O4S. The maximum atomic E-state index is 13.3. The van der Waals surface area contributed by atoms with Crippen molar-refractivity contribution < 1.29 is 26.7 Å². The average molecular weight is 382 g/mol. The molecule has 3 rings (SSSR count). The minimum absolute atomic E-state index is 0.0582. The molecule has 0 atom stereocenters. The zero-order chi connectivity index (χ0) is 18.9. The van der Waals surface area contributed by atoms with Crippen LogP contribution in [0.3, 0.4) is 0 Å². The number of hydrogen-bond acceptors (Lipinski definition) is 4. The summed E-state index contributed by atoms with van der Waals surface area (Å²) in [7, 11) is -1.96. The van der Waals surface area contributed by atoms with E-state index in [2.05, 4.69) is 5.32 Å². The van der Waals surface area contributed by atoms with Gasteiger partial charge in [-0.25, -0.2) is 17.2 Å². The van der Waals surface area contributed by atoms with Gasteiger partial charge in [-0.2, -0.15) is 0 Å². The molecule has 2 aromatic rings. The van der Waals surface area contributed by atoms with E-state index in [1.165, 1.54) is 23.5 Å². The van der Waals surface area contributed by atoms with E-state index in [1.807, 2.05) is 0 Å². The van der Waals surface area contributed by atoms with Crippen LogP contribution in [0.2, 0.25) is 0 Å². The standard InChI is InChI=1S/C17H16F2N2O4S/c1-25-16-10-12(21-7-2-8-26(21,23)24)4-6-15(16)20-17(22)11-3-5-13(18)14(19)9-11/h3-6,9-10H,2,7-8H2,1H3,(H,20,22). The lowest BCUT2D eigenvalue weighted by Crippen LogP contribution is -2.25. The highest BCUT2D eigenvalue weighted by Gasteiger charge is 2.29. The summed E-state index contributed by atoms with van der Waals surface area (Å²) in [5, 5.41) is 2.54. The summed E-state index contributed by atoms with van der Waals surface area (Å²) >= 11 is 0. The SMILES string of the molecule is COc1cc(N2CCCS2(=O)=O)ccc1NC(=O)c1ccc(F)c(F)c1. The van der Waals surface area contributed by atoms with Gasteiger partial charge in [-0.1, -0.05) is 0 Å². The predicted molar refractivity (Wildman–Crippen MR) is 93.1 cm³/mol. The highest BCUT2D eigenvalue weighted by molar-refractivity contribution is 7.93. The molecule has 0 aromatic heterocycles. The molecule has 0 saturated carbocycles. The van der Waals surface area contributed by atoms with E-state index in [9.17, 15) is 22.0 Å². The van der Waals surface area contributed by atoms with E-state index in [4.69, 9.17) is 4.74 Å². The summed E-state index contributed by atoms with van der Waals surface area (Å²) < 4.78 is 56.8. The van der Waals surface area contributed by atoms with Gasteiger partial charge >= 0.3 is 0 Å². The summed E-state index contributed by atoms with van der Waals surface area (Å²) in [4.78, 5) is 12.2. The number of nitrogens with zero attached hydrogens (tertiary/aromatic N) is 1. The molecule has 1 N–H and O–H groups in total. The zero-order valence-corrected chi connectivity index (χ0v) is 14.6. The molecule has 0 bridgehead atoms. The van der Waals surface area contributed by atoms with Crippen LogP contribution in [0, 0.1) is 11.6 Å². The van der Waals surface area contributed by atoms with Crippen molar-refractivity contribution in [1.82, 2.24) is 0 Å². The normalized spacial score (nSPS) is 15.7. The van der Waals surface area contributed by atoms with E-state index < -0.39 is 27.6 Å². The maximum absolute atomic E-state index is 13.3. The minimum atomic E-state index is -3.34. The number of halogens is 2. The molecule has 0 aliphatic carbocycles. The molecule has 0 spiro atoms. The van der Waals surface area contributed by atoms with Gasteiger partial charge in [-0.15, -0.1) is 0 Å². The van der Waals surface area contributed by atoms with E-state index in [0.29, 0.717) is 18.7 Å². The van der Waals surface area contributed by atoms with E-state index >= 15 is 0 Å². The monoisotopic (exact) mass is 382 g/mol. The van der Waals surface area contributed by atoms with Crippen molar-refractivity contribution in [1.29, 1.82) is 0 Å².